The molecule has 0 spiro atoms. The van der Waals surface area contributed by atoms with Crippen LogP contribution in [-0.4, -0.2) is 25.0 Å². The second-order valence-electron chi connectivity index (χ2n) is 4.87. The van der Waals surface area contributed by atoms with E-state index in [0.29, 0.717) is 18.0 Å². The summed E-state index contributed by atoms with van der Waals surface area (Å²) in [6.45, 7) is 3.44. The quantitative estimate of drug-likeness (QED) is 0.910. The molecule has 1 aromatic rings. The average Bonchev–Trinajstić information content (AvgIpc) is 2.68. The fourth-order valence-corrected chi connectivity index (χ4v) is 2.89. The van der Waals surface area contributed by atoms with Crippen LogP contribution in [0.5, 0.6) is 0 Å². The highest BCUT2D eigenvalue weighted by Crippen LogP contribution is 2.36. The number of benzene rings is 1. The third kappa shape index (κ3) is 2.39. The fourth-order valence-electron chi connectivity index (χ4n) is 2.58. The van der Waals surface area contributed by atoms with Crippen LogP contribution in [0.3, 0.4) is 0 Å². The Hall–Kier alpha value is -0.450. The van der Waals surface area contributed by atoms with Gasteiger partial charge in [-0.3, -0.25) is 4.90 Å². The van der Waals surface area contributed by atoms with E-state index in [2.05, 4.69) is 20.8 Å². The van der Waals surface area contributed by atoms with E-state index >= 15 is 0 Å². The van der Waals surface area contributed by atoms with Crippen LogP contribution in [0.25, 0.3) is 0 Å². The third-order valence-corrected chi connectivity index (χ3v) is 4.54. The molecule has 17 heavy (non-hydrogen) atoms. The number of rotatable bonds is 2. The van der Waals surface area contributed by atoms with Gasteiger partial charge in [0.1, 0.15) is 5.82 Å². The zero-order valence-corrected chi connectivity index (χ0v) is 11.8. The molecule has 0 radical (unpaired) electrons. The first-order valence-corrected chi connectivity index (χ1v) is 6.68. The first-order valence-electron chi connectivity index (χ1n) is 5.89. The molecule has 94 valence electrons. The highest BCUT2D eigenvalue weighted by molar-refractivity contribution is 9.10. The molecule has 1 heterocycles. The van der Waals surface area contributed by atoms with Crippen molar-refractivity contribution >= 4 is 15.9 Å². The number of nitrogens with zero attached hydrogens (tertiary/aromatic N) is 1. The summed E-state index contributed by atoms with van der Waals surface area (Å²) < 4.78 is 15.1. The van der Waals surface area contributed by atoms with Crippen molar-refractivity contribution in [3.8, 4) is 0 Å². The number of likely N-dealkylation sites (tertiary alicyclic amines) is 1. The van der Waals surface area contributed by atoms with Gasteiger partial charge in [0, 0.05) is 22.6 Å². The standard InChI is InChI=1S/C13H18BrFN2/c1-8-11(14)4-3-10(13(8)15)12-5-9(6-16)7-17(12)2/h3-4,9,12H,5-7,16H2,1-2H3. The van der Waals surface area contributed by atoms with Gasteiger partial charge in [0.05, 0.1) is 0 Å². The van der Waals surface area contributed by atoms with Gasteiger partial charge in [0.25, 0.3) is 0 Å². The van der Waals surface area contributed by atoms with E-state index in [1.54, 1.807) is 6.92 Å². The molecule has 1 saturated heterocycles. The zero-order valence-electron chi connectivity index (χ0n) is 10.2. The molecular weight excluding hydrogens is 283 g/mol. The second-order valence-corrected chi connectivity index (χ2v) is 5.72. The SMILES string of the molecule is Cc1c(Br)ccc(C2CC(CN)CN2C)c1F. The Bertz CT molecular complexity index is 422. The Balaban J connectivity index is 2.32. The number of nitrogens with two attached hydrogens (primary N) is 1. The van der Waals surface area contributed by atoms with E-state index in [-0.39, 0.29) is 11.9 Å². The van der Waals surface area contributed by atoms with Gasteiger partial charge in [-0.25, -0.2) is 4.39 Å². The van der Waals surface area contributed by atoms with Crippen molar-refractivity contribution in [3.63, 3.8) is 0 Å². The third-order valence-electron chi connectivity index (χ3n) is 3.68. The van der Waals surface area contributed by atoms with Crippen molar-refractivity contribution in [2.75, 3.05) is 20.1 Å². The molecule has 0 bridgehead atoms. The van der Waals surface area contributed by atoms with E-state index < -0.39 is 0 Å². The molecule has 2 atom stereocenters. The van der Waals surface area contributed by atoms with Gasteiger partial charge in [0.15, 0.2) is 0 Å². The van der Waals surface area contributed by atoms with Crippen LogP contribution in [-0.2, 0) is 0 Å². The van der Waals surface area contributed by atoms with Gasteiger partial charge in [0.2, 0.25) is 0 Å². The lowest BCUT2D eigenvalue weighted by Crippen LogP contribution is -2.21. The van der Waals surface area contributed by atoms with Crippen LogP contribution in [0.15, 0.2) is 16.6 Å². The lowest BCUT2D eigenvalue weighted by atomic mass is 9.98. The highest BCUT2D eigenvalue weighted by atomic mass is 79.9. The molecule has 2 nitrogen and oxygen atoms in total. The molecule has 4 heteroatoms. The van der Waals surface area contributed by atoms with Gasteiger partial charge in [-0.15, -0.1) is 0 Å². The molecule has 2 rings (SSSR count). The van der Waals surface area contributed by atoms with Crippen LogP contribution in [0.1, 0.15) is 23.6 Å². The van der Waals surface area contributed by atoms with Gasteiger partial charge in [-0.1, -0.05) is 22.0 Å². The summed E-state index contributed by atoms with van der Waals surface area (Å²) in [7, 11) is 2.04. The van der Waals surface area contributed by atoms with Crippen molar-refractivity contribution in [3.05, 3.63) is 33.5 Å². The summed E-state index contributed by atoms with van der Waals surface area (Å²) in [5.74, 6) is 0.391. The Morgan fingerprint density at radius 3 is 2.82 bits per heavy atom. The Labute approximate surface area is 110 Å². The van der Waals surface area contributed by atoms with Crippen LogP contribution in [0.4, 0.5) is 4.39 Å². The smallest absolute Gasteiger partial charge is 0.132 e. The molecule has 0 aliphatic carbocycles. The topological polar surface area (TPSA) is 29.3 Å². The number of halogens is 2. The summed E-state index contributed by atoms with van der Waals surface area (Å²) in [5.41, 5.74) is 7.18. The maximum absolute atomic E-state index is 14.2. The van der Waals surface area contributed by atoms with Gasteiger partial charge < -0.3 is 5.73 Å². The largest absolute Gasteiger partial charge is 0.330 e. The number of hydrogen-bond donors (Lipinski definition) is 1. The maximum Gasteiger partial charge on any atom is 0.132 e. The molecular formula is C13H18BrFN2. The van der Waals surface area contributed by atoms with E-state index in [4.69, 9.17) is 5.73 Å². The van der Waals surface area contributed by atoms with Crippen molar-refractivity contribution in [1.82, 2.24) is 4.90 Å². The minimum Gasteiger partial charge on any atom is -0.330 e. The molecule has 0 saturated carbocycles. The van der Waals surface area contributed by atoms with Gasteiger partial charge in [-0.2, -0.15) is 0 Å². The van der Waals surface area contributed by atoms with Crippen molar-refractivity contribution < 1.29 is 4.39 Å². The Morgan fingerprint density at radius 1 is 1.53 bits per heavy atom. The van der Waals surface area contributed by atoms with Crippen LogP contribution in [0.2, 0.25) is 0 Å². The predicted molar refractivity (Wildman–Crippen MR) is 71.4 cm³/mol. The molecule has 0 amide bonds. The predicted octanol–water partition coefficient (Wildman–Crippen LogP) is 2.85. The maximum atomic E-state index is 14.2. The normalized spacial score (nSPS) is 25.5. The van der Waals surface area contributed by atoms with Gasteiger partial charge >= 0.3 is 0 Å². The van der Waals surface area contributed by atoms with E-state index in [1.165, 1.54) is 0 Å². The van der Waals surface area contributed by atoms with Crippen molar-refractivity contribution in [1.29, 1.82) is 0 Å². The Morgan fingerprint density at radius 2 is 2.24 bits per heavy atom. The van der Waals surface area contributed by atoms with Crippen molar-refractivity contribution in [2.45, 2.75) is 19.4 Å². The molecule has 2 N–H and O–H groups in total. The second kappa shape index (κ2) is 5.04. The van der Waals surface area contributed by atoms with Crippen molar-refractivity contribution in [2.24, 2.45) is 11.7 Å². The average molecular weight is 301 g/mol. The molecule has 1 aliphatic heterocycles. The van der Waals surface area contributed by atoms with Crippen LogP contribution >= 0.6 is 15.9 Å². The molecule has 1 aliphatic rings. The highest BCUT2D eigenvalue weighted by Gasteiger charge is 2.31. The summed E-state index contributed by atoms with van der Waals surface area (Å²) in [6, 6.07) is 3.97. The zero-order chi connectivity index (χ0) is 12.6. The summed E-state index contributed by atoms with van der Waals surface area (Å²) >= 11 is 3.36. The first-order chi connectivity index (χ1) is 8.04. The van der Waals surface area contributed by atoms with Gasteiger partial charge in [-0.05, 0) is 44.5 Å². The summed E-state index contributed by atoms with van der Waals surface area (Å²) in [4.78, 5) is 2.20. The van der Waals surface area contributed by atoms with Crippen LogP contribution in [0, 0.1) is 18.7 Å². The number of hydrogen-bond acceptors (Lipinski definition) is 2. The summed E-state index contributed by atoms with van der Waals surface area (Å²) in [6.07, 6.45) is 0.949. The molecule has 2 unspecified atom stereocenters. The first kappa shape index (κ1) is 13.0. The summed E-state index contributed by atoms with van der Waals surface area (Å²) in [5, 5.41) is 0. The van der Waals surface area contributed by atoms with E-state index in [9.17, 15) is 4.39 Å². The minimum absolute atomic E-state index is 0.0890. The van der Waals surface area contributed by atoms with E-state index in [1.807, 2.05) is 19.2 Å². The fraction of sp³-hybridized carbons (Fsp3) is 0.538. The molecule has 1 aromatic carbocycles. The Kier molecular flexibility index (Phi) is 3.85. The lowest BCUT2D eigenvalue weighted by Gasteiger charge is -2.21. The minimum atomic E-state index is -0.0890. The lowest BCUT2D eigenvalue weighted by molar-refractivity contribution is 0.306. The van der Waals surface area contributed by atoms with E-state index in [0.717, 1.165) is 23.0 Å². The van der Waals surface area contributed by atoms with Crippen LogP contribution < -0.4 is 5.73 Å². The molecule has 0 aromatic heterocycles. The molecule has 1 fully saturated rings. The monoisotopic (exact) mass is 300 g/mol.